The molecule has 3 aromatic rings. The van der Waals surface area contributed by atoms with Gasteiger partial charge in [0, 0.05) is 50.6 Å². The number of aryl methyl sites for hydroxylation is 1. The summed E-state index contributed by atoms with van der Waals surface area (Å²) in [6, 6.07) is 3.89. The van der Waals surface area contributed by atoms with E-state index < -0.39 is 0 Å². The van der Waals surface area contributed by atoms with E-state index in [2.05, 4.69) is 21.9 Å². The minimum atomic E-state index is 0.546. The minimum absolute atomic E-state index is 0.546. The van der Waals surface area contributed by atoms with Crippen LogP contribution in [-0.2, 0) is 11.8 Å². The van der Waals surface area contributed by atoms with Crippen LogP contribution in [-0.4, -0.2) is 51.0 Å². The van der Waals surface area contributed by atoms with Gasteiger partial charge in [0.25, 0.3) is 0 Å². The Morgan fingerprint density at radius 3 is 3.00 bits per heavy atom. The van der Waals surface area contributed by atoms with Crippen molar-refractivity contribution in [3.05, 3.63) is 30.7 Å². The Kier molecular flexibility index (Phi) is 4.79. The number of ether oxygens (including phenoxy) is 1. The molecule has 1 aliphatic heterocycles. The standard InChI is InChI=1S/C19H24N6O/c1-3-9-26-13-14-6-8-25(12-14)19-16-11-21-24(2)18(16)22-17(23-19)15-5-4-7-20-10-15/h4-5,7,10-11,14H,3,6,8-9,12-13H2,1-2H3. The second kappa shape index (κ2) is 7.37. The molecule has 4 rings (SSSR count). The van der Waals surface area contributed by atoms with Gasteiger partial charge < -0.3 is 9.64 Å². The molecule has 1 aliphatic rings. The SMILES string of the molecule is CCCOCC1CCN(c2nc(-c3cccnc3)nc3c2cnn3C)C1. The number of fused-ring (bicyclic) bond motifs is 1. The zero-order chi connectivity index (χ0) is 17.9. The van der Waals surface area contributed by atoms with Crippen molar-refractivity contribution >= 4 is 16.9 Å². The summed E-state index contributed by atoms with van der Waals surface area (Å²) in [6.07, 6.45) is 7.60. The van der Waals surface area contributed by atoms with Crippen molar-refractivity contribution in [2.24, 2.45) is 13.0 Å². The highest BCUT2D eigenvalue weighted by atomic mass is 16.5. The third-order valence-corrected chi connectivity index (χ3v) is 4.78. The average molecular weight is 352 g/mol. The monoisotopic (exact) mass is 352 g/mol. The van der Waals surface area contributed by atoms with Crippen LogP contribution in [0.4, 0.5) is 5.82 Å². The molecule has 1 atom stereocenters. The summed E-state index contributed by atoms with van der Waals surface area (Å²) in [5, 5.41) is 5.39. The van der Waals surface area contributed by atoms with Crippen LogP contribution in [0.15, 0.2) is 30.7 Å². The molecule has 0 radical (unpaired) electrons. The summed E-state index contributed by atoms with van der Waals surface area (Å²) in [7, 11) is 1.91. The fourth-order valence-electron chi connectivity index (χ4n) is 3.43. The van der Waals surface area contributed by atoms with E-state index in [0.717, 1.165) is 61.6 Å². The molecule has 7 heteroatoms. The van der Waals surface area contributed by atoms with Crippen LogP contribution in [0, 0.1) is 5.92 Å². The molecule has 0 saturated carbocycles. The lowest BCUT2D eigenvalue weighted by Crippen LogP contribution is -2.23. The van der Waals surface area contributed by atoms with E-state index in [-0.39, 0.29) is 0 Å². The molecule has 0 amide bonds. The van der Waals surface area contributed by atoms with Gasteiger partial charge in [-0.15, -0.1) is 0 Å². The van der Waals surface area contributed by atoms with Crippen molar-refractivity contribution < 1.29 is 4.74 Å². The van der Waals surface area contributed by atoms with Crippen molar-refractivity contribution in [3.63, 3.8) is 0 Å². The maximum atomic E-state index is 5.75. The molecule has 3 aromatic heterocycles. The summed E-state index contributed by atoms with van der Waals surface area (Å²) in [4.78, 5) is 16.1. The van der Waals surface area contributed by atoms with Gasteiger partial charge in [0.15, 0.2) is 11.5 Å². The molecule has 1 unspecified atom stereocenters. The zero-order valence-corrected chi connectivity index (χ0v) is 15.3. The zero-order valence-electron chi connectivity index (χ0n) is 15.3. The van der Waals surface area contributed by atoms with Crippen LogP contribution in [0.1, 0.15) is 19.8 Å². The van der Waals surface area contributed by atoms with Crippen molar-refractivity contribution in [1.82, 2.24) is 24.7 Å². The molecule has 0 bridgehead atoms. The average Bonchev–Trinajstić information content (AvgIpc) is 3.29. The second-order valence-electron chi connectivity index (χ2n) is 6.79. The molecule has 0 spiro atoms. The van der Waals surface area contributed by atoms with Crippen molar-refractivity contribution in [2.75, 3.05) is 31.2 Å². The highest BCUT2D eigenvalue weighted by molar-refractivity contribution is 5.88. The highest BCUT2D eigenvalue weighted by Gasteiger charge is 2.26. The molecule has 7 nitrogen and oxygen atoms in total. The van der Waals surface area contributed by atoms with Gasteiger partial charge in [-0.25, -0.2) is 9.97 Å². The predicted octanol–water partition coefficient (Wildman–Crippen LogP) is 2.68. The first kappa shape index (κ1) is 16.9. The number of hydrogen-bond acceptors (Lipinski definition) is 6. The Bertz CT molecular complexity index is 878. The van der Waals surface area contributed by atoms with E-state index in [1.807, 2.05) is 25.4 Å². The predicted molar refractivity (Wildman–Crippen MR) is 101 cm³/mol. The lowest BCUT2D eigenvalue weighted by molar-refractivity contribution is 0.106. The van der Waals surface area contributed by atoms with Crippen LogP contribution in [0.25, 0.3) is 22.4 Å². The van der Waals surface area contributed by atoms with Crippen LogP contribution < -0.4 is 4.90 Å². The van der Waals surface area contributed by atoms with Gasteiger partial charge in [-0.05, 0) is 25.0 Å². The van der Waals surface area contributed by atoms with Gasteiger partial charge in [-0.3, -0.25) is 9.67 Å². The Labute approximate surface area is 153 Å². The van der Waals surface area contributed by atoms with Crippen LogP contribution in [0.3, 0.4) is 0 Å². The Morgan fingerprint density at radius 2 is 2.19 bits per heavy atom. The van der Waals surface area contributed by atoms with Gasteiger partial charge in [0.05, 0.1) is 18.2 Å². The molecule has 0 aromatic carbocycles. The first-order valence-corrected chi connectivity index (χ1v) is 9.19. The maximum Gasteiger partial charge on any atom is 0.165 e. The van der Waals surface area contributed by atoms with Crippen LogP contribution in [0.5, 0.6) is 0 Å². The van der Waals surface area contributed by atoms with Gasteiger partial charge in [0.1, 0.15) is 5.82 Å². The highest BCUT2D eigenvalue weighted by Crippen LogP contribution is 2.30. The van der Waals surface area contributed by atoms with Crippen molar-refractivity contribution in [2.45, 2.75) is 19.8 Å². The molecule has 1 saturated heterocycles. The van der Waals surface area contributed by atoms with Gasteiger partial charge in [0.2, 0.25) is 0 Å². The third kappa shape index (κ3) is 3.26. The Hall–Kier alpha value is -2.54. The number of rotatable bonds is 6. The molecule has 0 aliphatic carbocycles. The number of aromatic nitrogens is 5. The fourth-order valence-corrected chi connectivity index (χ4v) is 3.43. The molecular formula is C19H24N6O. The maximum absolute atomic E-state index is 5.75. The molecule has 0 N–H and O–H groups in total. The van der Waals surface area contributed by atoms with Crippen LogP contribution >= 0.6 is 0 Å². The number of pyridine rings is 1. The normalized spacial score (nSPS) is 17.3. The Balaban J connectivity index is 1.66. The molecule has 4 heterocycles. The third-order valence-electron chi connectivity index (χ3n) is 4.78. The summed E-state index contributed by atoms with van der Waals surface area (Å²) < 4.78 is 7.56. The smallest absolute Gasteiger partial charge is 0.165 e. The summed E-state index contributed by atoms with van der Waals surface area (Å²) >= 11 is 0. The molecule has 1 fully saturated rings. The van der Waals surface area contributed by atoms with E-state index >= 15 is 0 Å². The summed E-state index contributed by atoms with van der Waals surface area (Å²) in [5.41, 5.74) is 1.76. The first-order valence-electron chi connectivity index (χ1n) is 9.19. The van der Waals surface area contributed by atoms with E-state index in [1.54, 1.807) is 17.1 Å². The van der Waals surface area contributed by atoms with E-state index in [9.17, 15) is 0 Å². The van der Waals surface area contributed by atoms with E-state index in [1.165, 1.54) is 0 Å². The summed E-state index contributed by atoms with van der Waals surface area (Å²) in [6.45, 7) is 5.73. The lowest BCUT2D eigenvalue weighted by atomic mass is 10.1. The van der Waals surface area contributed by atoms with Gasteiger partial charge in [-0.1, -0.05) is 6.92 Å². The van der Waals surface area contributed by atoms with E-state index in [4.69, 9.17) is 14.7 Å². The topological polar surface area (TPSA) is 69.0 Å². The quantitative estimate of drug-likeness (QED) is 0.635. The minimum Gasteiger partial charge on any atom is -0.381 e. The lowest BCUT2D eigenvalue weighted by Gasteiger charge is -2.19. The van der Waals surface area contributed by atoms with E-state index in [0.29, 0.717) is 11.7 Å². The van der Waals surface area contributed by atoms with Gasteiger partial charge >= 0.3 is 0 Å². The van der Waals surface area contributed by atoms with Crippen molar-refractivity contribution in [3.8, 4) is 11.4 Å². The summed E-state index contributed by atoms with van der Waals surface area (Å²) in [5.74, 6) is 2.19. The number of nitrogens with zero attached hydrogens (tertiary/aromatic N) is 6. The fraction of sp³-hybridized carbons (Fsp3) is 0.474. The second-order valence-corrected chi connectivity index (χ2v) is 6.79. The Morgan fingerprint density at radius 1 is 1.27 bits per heavy atom. The van der Waals surface area contributed by atoms with Crippen LogP contribution in [0.2, 0.25) is 0 Å². The van der Waals surface area contributed by atoms with Crippen molar-refractivity contribution in [1.29, 1.82) is 0 Å². The number of anilines is 1. The van der Waals surface area contributed by atoms with Gasteiger partial charge in [-0.2, -0.15) is 5.10 Å². The largest absolute Gasteiger partial charge is 0.381 e. The molecule has 26 heavy (non-hydrogen) atoms. The molecule has 136 valence electrons. The number of hydrogen-bond donors (Lipinski definition) is 0. The molecular weight excluding hydrogens is 328 g/mol. The first-order chi connectivity index (χ1) is 12.8.